The Morgan fingerprint density at radius 3 is 2.67 bits per heavy atom. The lowest BCUT2D eigenvalue weighted by molar-refractivity contribution is -0.117. The molecule has 4 aromatic rings. The lowest BCUT2D eigenvalue weighted by Gasteiger charge is -2.24. The molecule has 0 fully saturated rings. The molecule has 1 N–H and O–H groups in total. The number of amides is 1. The van der Waals surface area contributed by atoms with Crippen LogP contribution in [0.2, 0.25) is 0 Å². The van der Waals surface area contributed by atoms with E-state index >= 15 is 0 Å². The number of nitrogens with zero attached hydrogens (tertiary/aromatic N) is 2. The van der Waals surface area contributed by atoms with E-state index in [-0.39, 0.29) is 11.4 Å². The highest BCUT2D eigenvalue weighted by molar-refractivity contribution is 7.22. The third kappa shape index (κ3) is 3.71. The van der Waals surface area contributed by atoms with Gasteiger partial charge in [0.2, 0.25) is 5.78 Å². The molecule has 1 unspecified atom stereocenters. The number of aliphatic hydroxyl groups is 1. The number of ether oxygens (including phenoxy) is 1. The van der Waals surface area contributed by atoms with Crippen LogP contribution in [-0.2, 0) is 4.79 Å². The van der Waals surface area contributed by atoms with Crippen LogP contribution in [0.25, 0.3) is 10.2 Å². The number of thiophene rings is 1. The maximum atomic E-state index is 13.4. The van der Waals surface area contributed by atoms with Gasteiger partial charge in [-0.1, -0.05) is 35.6 Å². The van der Waals surface area contributed by atoms with Gasteiger partial charge in [0.25, 0.3) is 5.91 Å². The summed E-state index contributed by atoms with van der Waals surface area (Å²) in [7, 11) is 0. The summed E-state index contributed by atoms with van der Waals surface area (Å²) in [5, 5.41) is 13.1. The molecule has 0 spiro atoms. The van der Waals surface area contributed by atoms with Gasteiger partial charge in [0, 0.05) is 0 Å². The number of benzene rings is 2. The molecule has 2 aromatic carbocycles. The van der Waals surface area contributed by atoms with Crippen LogP contribution in [0.4, 0.5) is 5.13 Å². The lowest BCUT2D eigenvalue weighted by Crippen LogP contribution is -2.30. The Labute approximate surface area is 198 Å². The molecule has 33 heavy (non-hydrogen) atoms. The highest BCUT2D eigenvalue weighted by Crippen LogP contribution is 2.44. The number of aliphatic hydroxyl groups excluding tert-OH is 1. The van der Waals surface area contributed by atoms with Gasteiger partial charge in [-0.15, -0.1) is 11.3 Å². The summed E-state index contributed by atoms with van der Waals surface area (Å²) in [4.78, 5) is 33.2. The van der Waals surface area contributed by atoms with E-state index in [1.165, 1.54) is 27.6 Å². The van der Waals surface area contributed by atoms with Gasteiger partial charge in [0.15, 0.2) is 10.9 Å². The standard InChI is InChI=1S/C25H20N2O4S2/c1-3-31-16-9-7-15(8-10-16)21-20(22(28)18-5-4-12-32-18)23(29)24(30)27(21)25-26-17-11-6-14(2)13-19(17)33-25/h4-13,21,29H,3H2,1-2H3. The molecule has 5 rings (SSSR count). The number of fused-ring (bicyclic) bond motifs is 1. The van der Waals surface area contributed by atoms with Gasteiger partial charge in [0.1, 0.15) is 5.75 Å². The van der Waals surface area contributed by atoms with Crippen LogP contribution in [-0.4, -0.2) is 28.4 Å². The topological polar surface area (TPSA) is 79.7 Å². The minimum absolute atomic E-state index is 0.0575. The molecule has 0 saturated heterocycles. The van der Waals surface area contributed by atoms with Crippen molar-refractivity contribution in [2.75, 3.05) is 11.5 Å². The van der Waals surface area contributed by atoms with E-state index in [0.717, 1.165) is 15.8 Å². The monoisotopic (exact) mass is 476 g/mol. The molecule has 0 saturated carbocycles. The molecule has 1 atom stereocenters. The predicted octanol–water partition coefficient (Wildman–Crippen LogP) is 5.85. The zero-order valence-electron chi connectivity index (χ0n) is 17.9. The van der Waals surface area contributed by atoms with Gasteiger partial charge >= 0.3 is 0 Å². The number of carbonyl (C=O) groups is 2. The quantitative estimate of drug-likeness (QED) is 0.353. The number of aryl methyl sites for hydroxylation is 1. The van der Waals surface area contributed by atoms with Crippen molar-refractivity contribution in [3.8, 4) is 5.75 Å². The lowest BCUT2D eigenvalue weighted by atomic mass is 9.95. The van der Waals surface area contributed by atoms with E-state index in [0.29, 0.717) is 27.9 Å². The summed E-state index contributed by atoms with van der Waals surface area (Å²) in [5.74, 6) is -0.853. The molecule has 1 aliphatic heterocycles. The molecule has 166 valence electrons. The predicted molar refractivity (Wildman–Crippen MR) is 130 cm³/mol. The number of hydrogen-bond donors (Lipinski definition) is 1. The molecule has 3 heterocycles. The highest BCUT2D eigenvalue weighted by Gasteiger charge is 2.46. The molecule has 2 aromatic heterocycles. The average Bonchev–Trinajstić information content (AvgIpc) is 3.53. The third-order valence-electron chi connectivity index (χ3n) is 5.44. The van der Waals surface area contributed by atoms with Crippen LogP contribution in [0.3, 0.4) is 0 Å². The number of anilines is 1. The van der Waals surface area contributed by atoms with Gasteiger partial charge in [-0.05, 0) is 60.7 Å². The van der Waals surface area contributed by atoms with Crippen molar-refractivity contribution in [3.63, 3.8) is 0 Å². The van der Waals surface area contributed by atoms with Gasteiger partial charge in [-0.2, -0.15) is 0 Å². The average molecular weight is 477 g/mol. The van der Waals surface area contributed by atoms with E-state index in [2.05, 4.69) is 4.98 Å². The smallest absolute Gasteiger partial charge is 0.296 e. The molecule has 0 bridgehead atoms. The van der Waals surface area contributed by atoms with Crippen molar-refractivity contribution in [1.29, 1.82) is 0 Å². The van der Waals surface area contributed by atoms with E-state index in [9.17, 15) is 14.7 Å². The number of ketones is 1. The van der Waals surface area contributed by atoms with Crippen LogP contribution < -0.4 is 9.64 Å². The van der Waals surface area contributed by atoms with E-state index < -0.39 is 17.7 Å². The Balaban J connectivity index is 1.65. The van der Waals surface area contributed by atoms with Crippen LogP contribution in [0.1, 0.15) is 33.8 Å². The zero-order chi connectivity index (χ0) is 23.1. The molecule has 8 heteroatoms. The zero-order valence-corrected chi connectivity index (χ0v) is 19.6. The summed E-state index contributed by atoms with van der Waals surface area (Å²) < 4.78 is 6.48. The number of hydrogen-bond acceptors (Lipinski definition) is 7. The number of carbonyl (C=O) groups excluding carboxylic acids is 2. The van der Waals surface area contributed by atoms with Crippen LogP contribution >= 0.6 is 22.7 Å². The number of rotatable bonds is 6. The minimum Gasteiger partial charge on any atom is -0.503 e. The molecule has 0 radical (unpaired) electrons. The normalized spacial score (nSPS) is 16.1. The minimum atomic E-state index is -0.801. The molecule has 1 amide bonds. The molecule has 6 nitrogen and oxygen atoms in total. The SMILES string of the molecule is CCOc1ccc(C2C(C(=O)c3cccs3)=C(O)C(=O)N2c2nc3ccc(C)cc3s2)cc1. The van der Waals surface area contributed by atoms with E-state index in [1.54, 1.807) is 29.6 Å². The summed E-state index contributed by atoms with van der Waals surface area (Å²) in [6.45, 7) is 4.42. The van der Waals surface area contributed by atoms with E-state index in [1.807, 2.05) is 44.2 Å². The first-order valence-corrected chi connectivity index (χ1v) is 12.1. The van der Waals surface area contributed by atoms with Crippen molar-refractivity contribution in [1.82, 2.24) is 4.98 Å². The summed E-state index contributed by atoms with van der Waals surface area (Å²) >= 11 is 2.63. The van der Waals surface area contributed by atoms with Crippen molar-refractivity contribution in [2.24, 2.45) is 0 Å². The molecular formula is C25H20N2O4S2. The number of aromatic nitrogens is 1. The number of thiazole rings is 1. The summed E-state index contributed by atoms with van der Waals surface area (Å²) in [6.07, 6.45) is 0. The van der Waals surface area contributed by atoms with Gasteiger partial charge in [-0.3, -0.25) is 14.5 Å². The third-order valence-corrected chi connectivity index (χ3v) is 7.33. The van der Waals surface area contributed by atoms with Gasteiger partial charge in [0.05, 0.1) is 33.3 Å². The second-order valence-electron chi connectivity index (χ2n) is 7.62. The fourth-order valence-corrected chi connectivity index (χ4v) is 5.69. The molecule has 1 aliphatic rings. The van der Waals surface area contributed by atoms with Crippen molar-refractivity contribution in [3.05, 3.63) is 87.3 Å². The Morgan fingerprint density at radius 2 is 1.97 bits per heavy atom. The maximum Gasteiger partial charge on any atom is 0.296 e. The first-order valence-electron chi connectivity index (χ1n) is 10.4. The molecule has 0 aliphatic carbocycles. The van der Waals surface area contributed by atoms with Crippen LogP contribution in [0, 0.1) is 6.92 Å². The van der Waals surface area contributed by atoms with Crippen LogP contribution in [0.15, 0.2) is 71.3 Å². The van der Waals surface area contributed by atoms with Crippen molar-refractivity contribution < 1.29 is 19.4 Å². The van der Waals surface area contributed by atoms with Crippen molar-refractivity contribution >= 4 is 49.7 Å². The largest absolute Gasteiger partial charge is 0.503 e. The Kier molecular flexibility index (Phi) is 5.47. The second-order valence-corrected chi connectivity index (χ2v) is 9.57. The number of Topliss-reactive ketones (excluding diaryl/α,β-unsaturated/α-hetero) is 1. The summed E-state index contributed by atoms with van der Waals surface area (Å²) in [5.41, 5.74) is 2.59. The highest BCUT2D eigenvalue weighted by atomic mass is 32.1. The van der Waals surface area contributed by atoms with Gasteiger partial charge in [-0.25, -0.2) is 4.98 Å². The van der Waals surface area contributed by atoms with Gasteiger partial charge < -0.3 is 9.84 Å². The Morgan fingerprint density at radius 1 is 1.18 bits per heavy atom. The Hall–Kier alpha value is -3.49. The second kappa shape index (κ2) is 8.46. The maximum absolute atomic E-state index is 13.4. The van der Waals surface area contributed by atoms with Crippen molar-refractivity contribution in [2.45, 2.75) is 19.9 Å². The fourth-order valence-electron chi connectivity index (χ4n) is 3.93. The first-order chi connectivity index (χ1) is 16.0. The molecular weight excluding hydrogens is 456 g/mol. The summed E-state index contributed by atoms with van der Waals surface area (Å²) in [6, 6.07) is 15.8. The Bertz CT molecular complexity index is 1390. The van der Waals surface area contributed by atoms with E-state index in [4.69, 9.17) is 4.74 Å². The first kappa shape index (κ1) is 21.4. The fraction of sp³-hybridized carbons (Fsp3) is 0.160. The van der Waals surface area contributed by atoms with Crippen LogP contribution in [0.5, 0.6) is 5.75 Å².